The van der Waals surface area contributed by atoms with E-state index in [9.17, 15) is 0 Å². The molecule has 4 heteroatoms. The van der Waals surface area contributed by atoms with E-state index in [4.69, 9.17) is 17.3 Å². The van der Waals surface area contributed by atoms with E-state index in [1.165, 1.54) is 0 Å². The summed E-state index contributed by atoms with van der Waals surface area (Å²) in [7, 11) is 2.17. The zero-order valence-corrected chi connectivity index (χ0v) is 12.2. The minimum absolute atomic E-state index is 0.156. The van der Waals surface area contributed by atoms with E-state index >= 15 is 0 Å². The van der Waals surface area contributed by atoms with E-state index in [0.29, 0.717) is 6.54 Å². The maximum atomic E-state index is 6.36. The van der Waals surface area contributed by atoms with E-state index in [0.717, 1.165) is 35.9 Å². The van der Waals surface area contributed by atoms with E-state index < -0.39 is 0 Å². The zero-order valence-electron chi connectivity index (χ0n) is 11.4. The SMILES string of the molecule is CN1CCN(c2c(Cl)cccc2CN)CC1(C)C. The summed E-state index contributed by atoms with van der Waals surface area (Å²) in [5.41, 5.74) is 8.22. The summed E-state index contributed by atoms with van der Waals surface area (Å²) in [5, 5.41) is 0.804. The fraction of sp³-hybridized carbons (Fsp3) is 0.571. The molecule has 2 N–H and O–H groups in total. The third kappa shape index (κ3) is 2.48. The number of anilines is 1. The van der Waals surface area contributed by atoms with Crippen molar-refractivity contribution in [2.75, 3.05) is 31.6 Å². The van der Waals surface area contributed by atoms with Crippen LogP contribution in [0.2, 0.25) is 5.02 Å². The van der Waals surface area contributed by atoms with E-state index in [-0.39, 0.29) is 5.54 Å². The van der Waals surface area contributed by atoms with Gasteiger partial charge in [0.05, 0.1) is 10.7 Å². The number of rotatable bonds is 2. The van der Waals surface area contributed by atoms with Crippen LogP contribution in [0.4, 0.5) is 5.69 Å². The molecule has 1 aromatic rings. The van der Waals surface area contributed by atoms with Crippen molar-refractivity contribution >= 4 is 17.3 Å². The van der Waals surface area contributed by atoms with Crippen molar-refractivity contribution in [1.29, 1.82) is 0 Å². The standard InChI is InChI=1S/C14H22ClN3/c1-14(2)10-18(8-7-17(14)3)13-11(9-16)5-4-6-12(13)15/h4-6H,7-10,16H2,1-3H3. The summed E-state index contributed by atoms with van der Waals surface area (Å²) in [6, 6.07) is 5.98. The van der Waals surface area contributed by atoms with Gasteiger partial charge in [-0.2, -0.15) is 0 Å². The monoisotopic (exact) mass is 267 g/mol. The highest BCUT2D eigenvalue weighted by atomic mass is 35.5. The number of likely N-dealkylation sites (N-methyl/N-ethyl adjacent to an activating group) is 1. The first-order valence-electron chi connectivity index (χ1n) is 6.39. The Kier molecular flexibility index (Phi) is 3.85. The second kappa shape index (κ2) is 5.08. The first-order chi connectivity index (χ1) is 8.45. The molecule has 1 aromatic carbocycles. The van der Waals surface area contributed by atoms with E-state index in [1.54, 1.807) is 0 Å². The molecule has 1 saturated heterocycles. The number of halogens is 1. The van der Waals surface area contributed by atoms with Gasteiger partial charge in [0.15, 0.2) is 0 Å². The van der Waals surface area contributed by atoms with E-state index in [2.05, 4.69) is 36.8 Å². The molecule has 3 nitrogen and oxygen atoms in total. The Bertz CT molecular complexity index is 431. The molecular formula is C14H22ClN3. The average molecular weight is 268 g/mol. The molecule has 0 spiro atoms. The van der Waals surface area contributed by atoms with Gasteiger partial charge in [0.1, 0.15) is 0 Å². The molecule has 0 saturated carbocycles. The van der Waals surface area contributed by atoms with Crippen molar-refractivity contribution < 1.29 is 0 Å². The van der Waals surface area contributed by atoms with Gasteiger partial charge in [-0.05, 0) is 32.5 Å². The number of benzene rings is 1. The molecule has 0 aliphatic carbocycles. The molecule has 100 valence electrons. The normalized spacial score (nSPS) is 20.2. The maximum Gasteiger partial charge on any atom is 0.0642 e. The third-order valence-corrected chi connectivity index (χ3v) is 4.23. The van der Waals surface area contributed by atoms with Crippen LogP contribution in [0.15, 0.2) is 18.2 Å². The molecule has 1 fully saturated rings. The van der Waals surface area contributed by atoms with Crippen molar-refractivity contribution in [2.45, 2.75) is 25.9 Å². The first kappa shape index (κ1) is 13.7. The van der Waals surface area contributed by atoms with Crippen LogP contribution < -0.4 is 10.6 Å². The van der Waals surface area contributed by atoms with E-state index in [1.807, 2.05) is 12.1 Å². The molecule has 18 heavy (non-hydrogen) atoms. The summed E-state index contributed by atoms with van der Waals surface area (Å²) in [5.74, 6) is 0. The number of hydrogen-bond acceptors (Lipinski definition) is 3. The molecule has 0 bridgehead atoms. The van der Waals surface area contributed by atoms with Gasteiger partial charge in [0.2, 0.25) is 0 Å². The molecule has 1 aliphatic rings. The van der Waals surface area contributed by atoms with Gasteiger partial charge >= 0.3 is 0 Å². The number of hydrogen-bond donors (Lipinski definition) is 1. The van der Waals surface area contributed by atoms with Crippen LogP contribution in [0.5, 0.6) is 0 Å². The van der Waals surface area contributed by atoms with Crippen molar-refractivity contribution in [3.05, 3.63) is 28.8 Å². The number of nitrogens with zero attached hydrogens (tertiary/aromatic N) is 2. The highest BCUT2D eigenvalue weighted by Gasteiger charge is 2.32. The quantitative estimate of drug-likeness (QED) is 0.893. The number of nitrogens with two attached hydrogens (primary N) is 1. The summed E-state index contributed by atoms with van der Waals surface area (Å²) < 4.78 is 0. The van der Waals surface area contributed by atoms with Gasteiger partial charge in [0.25, 0.3) is 0 Å². The van der Waals surface area contributed by atoms with Crippen LogP contribution in [0.3, 0.4) is 0 Å². The lowest BCUT2D eigenvalue weighted by Gasteiger charge is -2.46. The Morgan fingerprint density at radius 3 is 2.67 bits per heavy atom. The molecule has 0 aromatic heterocycles. The predicted octanol–water partition coefficient (Wildman–Crippen LogP) is 2.33. The lowest BCUT2D eigenvalue weighted by molar-refractivity contribution is 0.139. The fourth-order valence-electron chi connectivity index (χ4n) is 2.51. The highest BCUT2D eigenvalue weighted by Crippen LogP contribution is 2.33. The summed E-state index contributed by atoms with van der Waals surface area (Å²) in [6.07, 6.45) is 0. The van der Waals surface area contributed by atoms with Gasteiger partial charge in [-0.3, -0.25) is 4.90 Å². The summed E-state index contributed by atoms with van der Waals surface area (Å²) >= 11 is 6.36. The number of para-hydroxylation sites is 1. The van der Waals surface area contributed by atoms with Crippen LogP contribution in [-0.4, -0.2) is 37.1 Å². The minimum atomic E-state index is 0.156. The second-order valence-corrected chi connectivity index (χ2v) is 6.01. The first-order valence-corrected chi connectivity index (χ1v) is 6.77. The Labute approximate surface area is 115 Å². The Hall–Kier alpha value is -0.770. The van der Waals surface area contributed by atoms with Crippen LogP contribution in [0, 0.1) is 0 Å². The molecule has 0 radical (unpaired) electrons. The van der Waals surface area contributed by atoms with Crippen LogP contribution >= 0.6 is 11.6 Å². The van der Waals surface area contributed by atoms with Crippen molar-refractivity contribution in [2.24, 2.45) is 5.73 Å². The lowest BCUT2D eigenvalue weighted by atomic mass is 9.98. The maximum absolute atomic E-state index is 6.36. The largest absolute Gasteiger partial charge is 0.367 e. The molecule has 0 unspecified atom stereocenters. The Balaban J connectivity index is 2.33. The fourth-order valence-corrected chi connectivity index (χ4v) is 2.82. The van der Waals surface area contributed by atoms with Gasteiger partial charge in [-0.1, -0.05) is 23.7 Å². The highest BCUT2D eigenvalue weighted by molar-refractivity contribution is 6.33. The zero-order chi connectivity index (χ0) is 13.3. The second-order valence-electron chi connectivity index (χ2n) is 5.61. The molecule has 1 heterocycles. The molecule has 2 rings (SSSR count). The van der Waals surface area contributed by atoms with Crippen molar-refractivity contribution in [3.63, 3.8) is 0 Å². The van der Waals surface area contributed by atoms with Crippen LogP contribution in [0.25, 0.3) is 0 Å². The molecular weight excluding hydrogens is 246 g/mol. The van der Waals surface area contributed by atoms with Gasteiger partial charge in [-0.25, -0.2) is 0 Å². The lowest BCUT2D eigenvalue weighted by Crippen LogP contribution is -2.58. The number of piperazine rings is 1. The van der Waals surface area contributed by atoms with Gasteiger partial charge in [-0.15, -0.1) is 0 Å². The Morgan fingerprint density at radius 1 is 1.33 bits per heavy atom. The smallest absolute Gasteiger partial charge is 0.0642 e. The average Bonchev–Trinajstić information content (AvgIpc) is 2.32. The van der Waals surface area contributed by atoms with Gasteiger partial charge in [0, 0.05) is 31.7 Å². The Morgan fingerprint density at radius 2 is 2.06 bits per heavy atom. The molecule has 0 atom stereocenters. The molecule has 1 aliphatic heterocycles. The predicted molar refractivity (Wildman–Crippen MR) is 78.3 cm³/mol. The van der Waals surface area contributed by atoms with Crippen molar-refractivity contribution in [1.82, 2.24) is 4.90 Å². The summed E-state index contributed by atoms with van der Waals surface area (Å²) in [4.78, 5) is 4.76. The topological polar surface area (TPSA) is 32.5 Å². The van der Waals surface area contributed by atoms with Crippen LogP contribution in [-0.2, 0) is 6.54 Å². The van der Waals surface area contributed by atoms with Crippen LogP contribution in [0.1, 0.15) is 19.4 Å². The summed E-state index contributed by atoms with van der Waals surface area (Å²) in [6.45, 7) is 8.07. The minimum Gasteiger partial charge on any atom is -0.367 e. The van der Waals surface area contributed by atoms with Crippen molar-refractivity contribution in [3.8, 4) is 0 Å². The van der Waals surface area contributed by atoms with Gasteiger partial charge < -0.3 is 10.6 Å². The third-order valence-electron chi connectivity index (χ3n) is 3.92. The molecule has 0 amide bonds.